The third kappa shape index (κ3) is 2.09. The lowest BCUT2D eigenvalue weighted by Gasteiger charge is -2.20. The van der Waals surface area contributed by atoms with E-state index in [0.29, 0.717) is 36.1 Å². The van der Waals surface area contributed by atoms with Crippen LogP contribution in [0.15, 0.2) is 23.5 Å². The van der Waals surface area contributed by atoms with Gasteiger partial charge in [-0.05, 0) is 25.0 Å². The van der Waals surface area contributed by atoms with Gasteiger partial charge in [0.2, 0.25) is 0 Å². The molecule has 2 aliphatic rings. The van der Waals surface area contributed by atoms with Crippen molar-refractivity contribution in [2.45, 2.75) is 32.3 Å². The number of cyclic esters (lactones) is 1. The summed E-state index contributed by atoms with van der Waals surface area (Å²) in [7, 11) is 1.48. The van der Waals surface area contributed by atoms with Crippen molar-refractivity contribution in [3.8, 4) is 5.75 Å². The predicted molar refractivity (Wildman–Crippen MR) is 74.4 cm³/mol. The molecule has 5 nitrogen and oxygen atoms in total. The van der Waals surface area contributed by atoms with Crippen LogP contribution in [0.3, 0.4) is 0 Å². The average Bonchev–Trinajstić information content (AvgIpc) is 2.75. The van der Waals surface area contributed by atoms with E-state index in [0.717, 1.165) is 5.56 Å². The third-order valence-electron chi connectivity index (χ3n) is 3.90. The zero-order chi connectivity index (χ0) is 15.1. The molecular weight excluding hydrogens is 272 g/mol. The number of methoxy groups -OCH3 is 1. The number of carbonyl (C=O) groups excluding carboxylic acids is 2. The Kier molecular flexibility index (Phi) is 3.20. The highest BCUT2D eigenvalue weighted by Gasteiger charge is 2.41. The molecule has 0 saturated carbocycles. The zero-order valence-electron chi connectivity index (χ0n) is 11.9. The number of aryl methyl sites for hydroxylation is 1. The Morgan fingerprint density at radius 2 is 2.05 bits per heavy atom. The second-order valence-electron chi connectivity index (χ2n) is 5.35. The minimum Gasteiger partial charge on any atom is -0.512 e. The van der Waals surface area contributed by atoms with Crippen LogP contribution in [-0.4, -0.2) is 24.0 Å². The molecule has 1 atom stereocenters. The quantitative estimate of drug-likeness (QED) is 0.847. The molecule has 1 aromatic rings. The molecule has 1 heterocycles. The summed E-state index contributed by atoms with van der Waals surface area (Å²) in [6.45, 7) is 1.87. The molecule has 1 unspecified atom stereocenters. The molecule has 1 aliphatic heterocycles. The number of hydrogen-bond donors (Lipinski definition) is 1. The molecule has 21 heavy (non-hydrogen) atoms. The van der Waals surface area contributed by atoms with E-state index >= 15 is 0 Å². The molecule has 0 spiro atoms. The van der Waals surface area contributed by atoms with Gasteiger partial charge < -0.3 is 14.6 Å². The number of Topliss-reactive ketones (excluding diaryl/α,β-unsaturated/α-hetero) is 1. The van der Waals surface area contributed by atoms with E-state index in [9.17, 15) is 14.7 Å². The molecule has 1 aliphatic carbocycles. The third-order valence-corrected chi connectivity index (χ3v) is 3.90. The molecule has 0 amide bonds. The van der Waals surface area contributed by atoms with Crippen LogP contribution < -0.4 is 4.74 Å². The van der Waals surface area contributed by atoms with Crippen LogP contribution >= 0.6 is 0 Å². The fourth-order valence-electron chi connectivity index (χ4n) is 2.95. The number of aliphatic hydroxyl groups excluding tert-OH is 1. The highest BCUT2D eigenvalue weighted by molar-refractivity contribution is 6.03. The smallest absolute Gasteiger partial charge is 0.343 e. The molecular formula is C16H16O5. The van der Waals surface area contributed by atoms with Gasteiger partial charge in [-0.15, -0.1) is 0 Å². The van der Waals surface area contributed by atoms with Crippen LogP contribution in [0.25, 0.3) is 0 Å². The van der Waals surface area contributed by atoms with Gasteiger partial charge in [0, 0.05) is 18.4 Å². The van der Waals surface area contributed by atoms with Crippen molar-refractivity contribution in [1.29, 1.82) is 0 Å². The number of benzene rings is 1. The lowest BCUT2D eigenvalue weighted by Crippen LogP contribution is -2.18. The molecule has 0 aromatic heterocycles. The lowest BCUT2D eigenvalue weighted by molar-refractivity contribution is -0.117. The van der Waals surface area contributed by atoms with Crippen molar-refractivity contribution in [2.24, 2.45) is 0 Å². The van der Waals surface area contributed by atoms with Crippen LogP contribution in [0.1, 0.15) is 46.9 Å². The van der Waals surface area contributed by atoms with Crippen LogP contribution in [0.5, 0.6) is 5.75 Å². The maximum atomic E-state index is 12.1. The standard InChI is InChI=1S/C16H16O5/c1-8-6-9-13(12(7-8)20-2)16(19)21-15(9)14-10(17)4-3-5-11(14)18/h6-7,15,17H,3-5H2,1-2H3. The number of aliphatic hydroxyl groups is 1. The minimum absolute atomic E-state index is 0.0253. The maximum absolute atomic E-state index is 12.1. The number of esters is 1. The monoisotopic (exact) mass is 288 g/mol. The number of rotatable bonds is 2. The number of hydrogen-bond acceptors (Lipinski definition) is 5. The second kappa shape index (κ2) is 4.91. The van der Waals surface area contributed by atoms with Gasteiger partial charge in [-0.1, -0.05) is 6.07 Å². The van der Waals surface area contributed by atoms with Crippen molar-refractivity contribution >= 4 is 11.8 Å². The van der Waals surface area contributed by atoms with Gasteiger partial charge in [-0.25, -0.2) is 4.79 Å². The molecule has 0 saturated heterocycles. The Morgan fingerprint density at radius 1 is 1.29 bits per heavy atom. The normalized spacial score (nSPS) is 21.3. The minimum atomic E-state index is -0.825. The van der Waals surface area contributed by atoms with E-state index in [2.05, 4.69) is 0 Å². The van der Waals surface area contributed by atoms with Gasteiger partial charge >= 0.3 is 5.97 Å². The van der Waals surface area contributed by atoms with Crippen molar-refractivity contribution in [3.63, 3.8) is 0 Å². The van der Waals surface area contributed by atoms with Crippen molar-refractivity contribution in [1.82, 2.24) is 0 Å². The van der Waals surface area contributed by atoms with E-state index in [1.165, 1.54) is 7.11 Å². The Labute approximate surface area is 122 Å². The van der Waals surface area contributed by atoms with Crippen molar-refractivity contribution in [3.05, 3.63) is 40.2 Å². The van der Waals surface area contributed by atoms with E-state index in [1.807, 2.05) is 6.92 Å². The molecule has 0 radical (unpaired) electrons. The van der Waals surface area contributed by atoms with E-state index in [4.69, 9.17) is 9.47 Å². The number of carbonyl (C=O) groups is 2. The predicted octanol–water partition coefficient (Wildman–Crippen LogP) is 2.78. The van der Waals surface area contributed by atoms with Crippen molar-refractivity contribution < 1.29 is 24.2 Å². The number of ketones is 1. The SMILES string of the molecule is COc1cc(C)cc2c1C(=O)OC2C1=C(O)CCCC1=O. The summed E-state index contributed by atoms with van der Waals surface area (Å²) in [4.78, 5) is 24.2. The summed E-state index contributed by atoms with van der Waals surface area (Å²) in [6, 6.07) is 3.55. The van der Waals surface area contributed by atoms with Gasteiger partial charge in [-0.3, -0.25) is 4.79 Å². The van der Waals surface area contributed by atoms with Crippen LogP contribution in [0.2, 0.25) is 0 Å². The Morgan fingerprint density at radius 3 is 2.71 bits per heavy atom. The average molecular weight is 288 g/mol. The van der Waals surface area contributed by atoms with Crippen molar-refractivity contribution in [2.75, 3.05) is 7.11 Å². The van der Waals surface area contributed by atoms with Crippen LogP contribution in [-0.2, 0) is 9.53 Å². The van der Waals surface area contributed by atoms with E-state index < -0.39 is 12.1 Å². The molecule has 3 rings (SSSR count). The maximum Gasteiger partial charge on any atom is 0.343 e. The summed E-state index contributed by atoms with van der Waals surface area (Å²) < 4.78 is 10.6. The van der Waals surface area contributed by atoms with Gasteiger partial charge in [0.15, 0.2) is 11.9 Å². The lowest BCUT2D eigenvalue weighted by atomic mass is 9.88. The molecule has 110 valence electrons. The van der Waals surface area contributed by atoms with Crippen LogP contribution in [0, 0.1) is 6.92 Å². The molecule has 1 aromatic carbocycles. The Balaban J connectivity index is 2.17. The van der Waals surface area contributed by atoms with Gasteiger partial charge in [-0.2, -0.15) is 0 Å². The van der Waals surface area contributed by atoms with E-state index in [1.54, 1.807) is 12.1 Å². The zero-order valence-corrected chi connectivity index (χ0v) is 11.9. The number of ether oxygens (including phenoxy) is 2. The fourth-order valence-corrected chi connectivity index (χ4v) is 2.95. The summed E-state index contributed by atoms with van der Waals surface area (Å²) in [5.74, 6) is -0.228. The first-order valence-corrected chi connectivity index (χ1v) is 6.87. The largest absolute Gasteiger partial charge is 0.512 e. The fraction of sp³-hybridized carbons (Fsp3) is 0.375. The first-order valence-electron chi connectivity index (χ1n) is 6.87. The summed E-state index contributed by atoms with van der Waals surface area (Å²) >= 11 is 0. The Hall–Kier alpha value is -2.30. The van der Waals surface area contributed by atoms with Gasteiger partial charge in [0.05, 0.1) is 12.7 Å². The molecule has 0 fully saturated rings. The first-order chi connectivity index (χ1) is 10.0. The number of allylic oxidation sites excluding steroid dienone is 1. The van der Waals surface area contributed by atoms with Gasteiger partial charge in [0.25, 0.3) is 0 Å². The molecule has 1 N–H and O–H groups in total. The highest BCUT2D eigenvalue weighted by atomic mass is 16.6. The summed E-state index contributed by atoms with van der Waals surface area (Å²) in [6.07, 6.45) is 0.604. The first kappa shape index (κ1) is 13.7. The Bertz CT molecular complexity index is 671. The highest BCUT2D eigenvalue weighted by Crippen LogP contribution is 2.43. The van der Waals surface area contributed by atoms with Crippen LogP contribution in [0.4, 0.5) is 0 Å². The molecule has 0 bridgehead atoms. The number of fused-ring (bicyclic) bond motifs is 1. The molecule has 5 heteroatoms. The van der Waals surface area contributed by atoms with E-state index in [-0.39, 0.29) is 17.1 Å². The topological polar surface area (TPSA) is 72.8 Å². The van der Waals surface area contributed by atoms with Gasteiger partial charge in [0.1, 0.15) is 17.1 Å². The second-order valence-corrected chi connectivity index (χ2v) is 5.35. The summed E-state index contributed by atoms with van der Waals surface area (Å²) in [5.41, 5.74) is 2.04. The summed E-state index contributed by atoms with van der Waals surface area (Å²) in [5, 5.41) is 10.0.